The number of amides is 1. The number of likely N-dealkylation sites (N-methyl/N-ethyl adjacent to an activating group) is 1. The Kier molecular flexibility index (Phi) is 6.19. The molecule has 1 atom stereocenters. The highest BCUT2D eigenvalue weighted by atomic mass is 16.6. The maximum Gasteiger partial charge on any atom is 0.269 e. The number of nitrogens with one attached hydrogen (secondary N) is 1. The lowest BCUT2D eigenvalue weighted by Gasteiger charge is -2.24. The van der Waals surface area contributed by atoms with Crippen LogP contribution >= 0.6 is 0 Å². The van der Waals surface area contributed by atoms with Crippen molar-refractivity contribution in [1.82, 2.24) is 4.90 Å². The summed E-state index contributed by atoms with van der Waals surface area (Å²) >= 11 is 0. The van der Waals surface area contributed by atoms with Gasteiger partial charge in [0.2, 0.25) is 5.91 Å². The van der Waals surface area contributed by atoms with Crippen molar-refractivity contribution in [3.63, 3.8) is 0 Å². The molecule has 0 saturated heterocycles. The Hall–Kier alpha value is -3.06. The predicted octanol–water partition coefficient (Wildman–Crippen LogP) is 3.43. The van der Waals surface area contributed by atoms with Crippen LogP contribution in [0.25, 0.3) is 0 Å². The Morgan fingerprint density at radius 1 is 1.19 bits per heavy atom. The van der Waals surface area contributed by atoms with E-state index >= 15 is 0 Å². The van der Waals surface area contributed by atoms with Gasteiger partial charge >= 0.3 is 0 Å². The molecule has 26 heavy (non-hydrogen) atoms. The number of nitro groups is 1. The molecule has 7 nitrogen and oxygen atoms in total. The minimum Gasteiger partial charge on any atom is -0.324 e. The molecule has 0 aliphatic heterocycles. The number of nitrogens with zero attached hydrogens (tertiary/aromatic N) is 2. The SMILES string of the molecule is CC(=O)c1ccccc1NC(=O)CN(C)C(C)c1cccc([N+](=O)[O-])c1. The van der Waals surface area contributed by atoms with E-state index in [4.69, 9.17) is 0 Å². The van der Waals surface area contributed by atoms with Gasteiger partial charge in [0.15, 0.2) is 5.78 Å². The van der Waals surface area contributed by atoms with Gasteiger partial charge in [-0.3, -0.25) is 24.6 Å². The molecule has 0 heterocycles. The van der Waals surface area contributed by atoms with Gasteiger partial charge in [0, 0.05) is 23.7 Å². The third-order valence-corrected chi connectivity index (χ3v) is 4.20. The molecule has 1 N–H and O–H groups in total. The second kappa shape index (κ2) is 8.35. The van der Waals surface area contributed by atoms with Crippen LogP contribution in [-0.4, -0.2) is 35.1 Å². The average molecular weight is 355 g/mol. The fourth-order valence-electron chi connectivity index (χ4n) is 2.61. The molecular formula is C19H21N3O4. The molecule has 0 saturated carbocycles. The zero-order valence-electron chi connectivity index (χ0n) is 14.9. The molecule has 2 rings (SSSR count). The van der Waals surface area contributed by atoms with Crippen molar-refractivity contribution in [2.75, 3.05) is 18.9 Å². The molecule has 0 bridgehead atoms. The smallest absolute Gasteiger partial charge is 0.269 e. The third-order valence-electron chi connectivity index (χ3n) is 4.20. The fourth-order valence-corrected chi connectivity index (χ4v) is 2.61. The summed E-state index contributed by atoms with van der Waals surface area (Å²) < 4.78 is 0. The van der Waals surface area contributed by atoms with Gasteiger partial charge in [0.1, 0.15) is 0 Å². The highest BCUT2D eigenvalue weighted by Crippen LogP contribution is 2.23. The number of hydrogen-bond acceptors (Lipinski definition) is 5. The van der Waals surface area contributed by atoms with Crippen LogP contribution in [0, 0.1) is 10.1 Å². The van der Waals surface area contributed by atoms with Crippen molar-refractivity contribution in [2.45, 2.75) is 19.9 Å². The van der Waals surface area contributed by atoms with Crippen LogP contribution in [0.2, 0.25) is 0 Å². The number of non-ortho nitro benzene ring substituents is 1. The Morgan fingerprint density at radius 2 is 1.88 bits per heavy atom. The predicted molar refractivity (Wildman–Crippen MR) is 99.2 cm³/mol. The zero-order valence-corrected chi connectivity index (χ0v) is 14.9. The lowest BCUT2D eigenvalue weighted by Crippen LogP contribution is -2.32. The number of benzene rings is 2. The zero-order chi connectivity index (χ0) is 19.3. The van der Waals surface area contributed by atoms with Crippen molar-refractivity contribution in [3.05, 3.63) is 69.8 Å². The summed E-state index contributed by atoms with van der Waals surface area (Å²) in [4.78, 5) is 36.2. The summed E-state index contributed by atoms with van der Waals surface area (Å²) in [7, 11) is 1.76. The Morgan fingerprint density at radius 3 is 2.54 bits per heavy atom. The van der Waals surface area contributed by atoms with Gasteiger partial charge in [-0.05, 0) is 38.6 Å². The van der Waals surface area contributed by atoms with Gasteiger partial charge in [-0.15, -0.1) is 0 Å². The summed E-state index contributed by atoms with van der Waals surface area (Å²) in [5, 5.41) is 13.7. The van der Waals surface area contributed by atoms with Gasteiger partial charge in [-0.25, -0.2) is 0 Å². The minimum absolute atomic E-state index is 0.0163. The molecule has 2 aromatic carbocycles. The second-order valence-corrected chi connectivity index (χ2v) is 6.09. The molecule has 0 spiro atoms. The van der Waals surface area contributed by atoms with E-state index in [0.29, 0.717) is 11.3 Å². The largest absolute Gasteiger partial charge is 0.324 e. The number of carbonyl (C=O) groups is 2. The summed E-state index contributed by atoms with van der Waals surface area (Å²) in [6.07, 6.45) is 0. The average Bonchev–Trinajstić information content (AvgIpc) is 2.61. The van der Waals surface area contributed by atoms with Crippen LogP contribution in [0.5, 0.6) is 0 Å². The van der Waals surface area contributed by atoms with Gasteiger partial charge in [-0.2, -0.15) is 0 Å². The molecule has 0 radical (unpaired) electrons. The summed E-state index contributed by atoms with van der Waals surface area (Å²) in [5.74, 6) is -0.391. The van der Waals surface area contributed by atoms with Crippen LogP contribution < -0.4 is 5.32 Å². The molecule has 0 aliphatic rings. The molecule has 0 aliphatic carbocycles. The molecule has 7 heteroatoms. The Labute approximate surface area is 151 Å². The van der Waals surface area contributed by atoms with Gasteiger partial charge in [0.05, 0.1) is 17.2 Å². The molecule has 136 valence electrons. The molecule has 0 fully saturated rings. The summed E-state index contributed by atoms with van der Waals surface area (Å²) in [6.45, 7) is 3.40. The monoisotopic (exact) mass is 355 g/mol. The Bertz CT molecular complexity index is 835. The molecule has 0 aromatic heterocycles. The number of rotatable bonds is 7. The maximum absolute atomic E-state index is 12.3. The van der Waals surface area contributed by atoms with Crippen molar-refractivity contribution in [1.29, 1.82) is 0 Å². The fraction of sp³-hybridized carbons (Fsp3) is 0.263. The normalized spacial score (nSPS) is 11.8. The first kappa shape index (κ1) is 19.3. The van der Waals surface area contributed by atoms with E-state index in [2.05, 4.69) is 5.32 Å². The molecule has 2 aromatic rings. The Balaban J connectivity index is 2.06. The van der Waals surface area contributed by atoms with Crippen molar-refractivity contribution < 1.29 is 14.5 Å². The van der Waals surface area contributed by atoms with E-state index in [-0.39, 0.29) is 30.0 Å². The van der Waals surface area contributed by atoms with E-state index in [1.54, 1.807) is 48.3 Å². The van der Waals surface area contributed by atoms with Crippen molar-refractivity contribution in [2.24, 2.45) is 0 Å². The van der Waals surface area contributed by atoms with Gasteiger partial charge < -0.3 is 5.32 Å². The van der Waals surface area contributed by atoms with Crippen molar-refractivity contribution >= 4 is 23.1 Å². The quantitative estimate of drug-likeness (QED) is 0.467. The second-order valence-electron chi connectivity index (χ2n) is 6.09. The number of Topliss-reactive ketones (excluding diaryl/α,β-unsaturated/α-hetero) is 1. The molecule has 1 amide bonds. The standard InChI is InChI=1S/C19H21N3O4/c1-13(15-7-6-8-16(11-15)22(25)26)21(3)12-19(24)20-18-10-5-4-9-17(18)14(2)23/h4-11,13H,12H2,1-3H3,(H,20,24). The first-order chi connectivity index (χ1) is 12.3. The molecular weight excluding hydrogens is 334 g/mol. The van der Waals surface area contributed by atoms with Crippen LogP contribution in [0.3, 0.4) is 0 Å². The highest BCUT2D eigenvalue weighted by molar-refractivity contribution is 6.04. The summed E-state index contributed by atoms with van der Waals surface area (Å²) in [6, 6.07) is 13.0. The highest BCUT2D eigenvalue weighted by Gasteiger charge is 2.18. The third kappa shape index (κ3) is 4.73. The van der Waals surface area contributed by atoms with Crippen LogP contribution in [-0.2, 0) is 4.79 Å². The van der Waals surface area contributed by atoms with Crippen molar-refractivity contribution in [3.8, 4) is 0 Å². The summed E-state index contributed by atoms with van der Waals surface area (Å²) in [5.41, 5.74) is 1.69. The number of hydrogen-bond donors (Lipinski definition) is 1. The lowest BCUT2D eigenvalue weighted by atomic mass is 10.1. The number of nitro benzene ring substituents is 1. The van der Waals surface area contributed by atoms with E-state index in [9.17, 15) is 19.7 Å². The lowest BCUT2D eigenvalue weighted by molar-refractivity contribution is -0.384. The van der Waals surface area contributed by atoms with E-state index < -0.39 is 4.92 Å². The van der Waals surface area contributed by atoms with Crippen LogP contribution in [0.15, 0.2) is 48.5 Å². The van der Waals surface area contributed by atoms with E-state index in [0.717, 1.165) is 5.56 Å². The number of para-hydroxylation sites is 1. The van der Waals surface area contributed by atoms with Gasteiger partial charge in [-0.1, -0.05) is 24.3 Å². The van der Waals surface area contributed by atoms with Gasteiger partial charge in [0.25, 0.3) is 5.69 Å². The first-order valence-electron chi connectivity index (χ1n) is 8.14. The topological polar surface area (TPSA) is 92.6 Å². The van der Waals surface area contributed by atoms with Crippen LogP contribution in [0.4, 0.5) is 11.4 Å². The number of ketones is 1. The minimum atomic E-state index is -0.443. The van der Waals surface area contributed by atoms with E-state index in [1.165, 1.54) is 19.1 Å². The maximum atomic E-state index is 12.3. The first-order valence-corrected chi connectivity index (χ1v) is 8.14. The van der Waals surface area contributed by atoms with E-state index in [1.807, 2.05) is 6.92 Å². The number of carbonyl (C=O) groups excluding carboxylic acids is 2. The number of anilines is 1. The molecule has 1 unspecified atom stereocenters. The van der Waals surface area contributed by atoms with Crippen LogP contribution in [0.1, 0.15) is 35.8 Å².